The van der Waals surface area contributed by atoms with Crippen LogP contribution in [0, 0.1) is 0 Å². The van der Waals surface area contributed by atoms with Crippen LogP contribution < -0.4 is 5.73 Å². The smallest absolute Gasteiger partial charge is 0.220 e. The Morgan fingerprint density at radius 1 is 1.44 bits per heavy atom. The number of benzene rings is 1. The molecule has 0 fully saturated rings. The summed E-state index contributed by atoms with van der Waals surface area (Å²) in [5.74, 6) is 0.00352. The average molecular weight is 392 g/mol. The lowest BCUT2D eigenvalue weighted by molar-refractivity contribution is 0.436. The number of thiocarbonyl (C=S) groups is 1. The van der Waals surface area contributed by atoms with Gasteiger partial charge in [-0.25, -0.2) is 0 Å². The predicted octanol–water partition coefficient (Wildman–Crippen LogP) is 3.74. The number of hydrogen-bond donors (Lipinski definition) is 2. The van der Waals surface area contributed by atoms with Crippen LogP contribution >= 0.6 is 44.1 Å². The minimum Gasteiger partial charge on any atom is -0.493 e. The van der Waals surface area contributed by atoms with Gasteiger partial charge < -0.3 is 15.4 Å². The number of azo groups is 1. The molecule has 0 unspecified atom stereocenters. The normalized spacial score (nSPS) is 11.5. The summed E-state index contributed by atoms with van der Waals surface area (Å²) >= 11 is 11.5. The third-order valence-electron chi connectivity index (χ3n) is 2.40. The first-order chi connectivity index (χ1) is 8.41. The molecule has 0 bridgehead atoms. The molecule has 0 atom stereocenters. The molecule has 3 N–H and O–H groups in total. The van der Waals surface area contributed by atoms with Gasteiger partial charge in [0.15, 0.2) is 5.69 Å². The van der Waals surface area contributed by atoms with E-state index in [-0.39, 0.29) is 11.0 Å². The Balaban J connectivity index is 2.81. The number of aromatic hydroxyl groups is 1. The Kier molecular flexibility index (Phi) is 3.69. The summed E-state index contributed by atoms with van der Waals surface area (Å²) in [6.45, 7) is 0. The molecule has 0 aliphatic carbocycles. The molecule has 0 aliphatic rings. The zero-order chi connectivity index (χ0) is 13.4. The summed E-state index contributed by atoms with van der Waals surface area (Å²) in [5.41, 5.74) is 6.41. The molecule has 8 heteroatoms. The molecule has 0 amide bonds. The van der Waals surface area contributed by atoms with Crippen molar-refractivity contribution in [2.45, 2.75) is 0 Å². The second-order valence-electron chi connectivity index (χ2n) is 3.55. The lowest BCUT2D eigenvalue weighted by Crippen LogP contribution is -2.01. The topological polar surface area (TPSA) is 75.9 Å². The Hall–Kier alpha value is -0.990. The Morgan fingerprint density at radius 3 is 2.72 bits per heavy atom. The molecular weight excluding hydrogens is 384 g/mol. The fourth-order valence-corrected chi connectivity index (χ4v) is 3.20. The molecule has 0 radical (unpaired) electrons. The zero-order valence-electron chi connectivity index (χ0n) is 9.19. The van der Waals surface area contributed by atoms with Gasteiger partial charge in [0.05, 0.1) is 5.52 Å². The van der Waals surface area contributed by atoms with Crippen molar-refractivity contribution in [3.05, 3.63) is 21.1 Å². The quantitative estimate of drug-likeness (QED) is 0.574. The van der Waals surface area contributed by atoms with Crippen LogP contribution in [-0.2, 0) is 7.05 Å². The van der Waals surface area contributed by atoms with Gasteiger partial charge in [-0.15, -0.1) is 10.2 Å². The number of aromatic nitrogens is 1. The van der Waals surface area contributed by atoms with Crippen molar-refractivity contribution in [1.82, 2.24) is 4.57 Å². The third kappa shape index (κ3) is 2.27. The Morgan fingerprint density at radius 2 is 2.11 bits per heavy atom. The highest BCUT2D eigenvalue weighted by molar-refractivity contribution is 9.11. The maximum Gasteiger partial charge on any atom is 0.220 e. The number of hydrogen-bond acceptors (Lipinski definition) is 3. The van der Waals surface area contributed by atoms with Crippen molar-refractivity contribution in [2.75, 3.05) is 0 Å². The molecule has 0 saturated heterocycles. The maximum atomic E-state index is 10.0. The number of halogens is 2. The zero-order valence-corrected chi connectivity index (χ0v) is 13.2. The van der Waals surface area contributed by atoms with Gasteiger partial charge in [0.1, 0.15) is 0 Å². The molecule has 18 heavy (non-hydrogen) atoms. The van der Waals surface area contributed by atoms with Crippen molar-refractivity contribution in [3.63, 3.8) is 0 Å². The van der Waals surface area contributed by atoms with Crippen molar-refractivity contribution >= 4 is 65.8 Å². The summed E-state index contributed by atoms with van der Waals surface area (Å²) in [6.07, 6.45) is 0. The summed E-state index contributed by atoms with van der Waals surface area (Å²) in [6, 6.07) is 3.73. The van der Waals surface area contributed by atoms with E-state index in [1.165, 1.54) is 0 Å². The average Bonchev–Trinajstić information content (AvgIpc) is 2.49. The monoisotopic (exact) mass is 390 g/mol. The lowest BCUT2D eigenvalue weighted by Gasteiger charge is -2.00. The summed E-state index contributed by atoms with van der Waals surface area (Å²) in [4.78, 5) is 0. The van der Waals surface area contributed by atoms with Gasteiger partial charge in [0, 0.05) is 21.4 Å². The second-order valence-corrected chi connectivity index (χ2v) is 5.74. The van der Waals surface area contributed by atoms with E-state index in [4.69, 9.17) is 5.73 Å². The summed E-state index contributed by atoms with van der Waals surface area (Å²) in [5, 5.41) is 18.2. The van der Waals surface area contributed by atoms with E-state index >= 15 is 0 Å². The highest BCUT2D eigenvalue weighted by Gasteiger charge is 2.17. The van der Waals surface area contributed by atoms with Crippen molar-refractivity contribution in [2.24, 2.45) is 23.0 Å². The first-order valence-corrected chi connectivity index (χ1v) is 6.78. The fourth-order valence-electron chi connectivity index (χ4n) is 1.67. The second kappa shape index (κ2) is 4.94. The van der Waals surface area contributed by atoms with E-state index in [1.807, 2.05) is 12.1 Å². The van der Waals surface area contributed by atoms with E-state index in [0.717, 1.165) is 19.8 Å². The minimum atomic E-state index is -0.0829. The standard InChI is InChI=1S/C10H8Br2N4OS/c1-16-8-5(2-4(11)3-6(8)12)7(9(16)17)14-15-10(13)18/h2-3,17H,1H3,(H2,13,18). The minimum absolute atomic E-state index is 0.00352. The molecule has 1 aromatic carbocycles. The van der Waals surface area contributed by atoms with Crippen molar-refractivity contribution < 1.29 is 5.11 Å². The van der Waals surface area contributed by atoms with Gasteiger partial charge >= 0.3 is 0 Å². The number of nitrogens with two attached hydrogens (primary N) is 1. The van der Waals surface area contributed by atoms with Gasteiger partial charge in [-0.3, -0.25) is 0 Å². The van der Waals surface area contributed by atoms with Crippen molar-refractivity contribution in [1.29, 1.82) is 0 Å². The fraction of sp³-hybridized carbons (Fsp3) is 0.100. The van der Waals surface area contributed by atoms with Gasteiger partial charge in [0.25, 0.3) is 0 Å². The number of aryl methyl sites for hydroxylation is 1. The van der Waals surface area contributed by atoms with E-state index in [1.54, 1.807) is 11.6 Å². The SMILES string of the molecule is Cn1c(O)c(N=NC(N)=S)c2cc(Br)cc(Br)c21. The van der Waals surface area contributed by atoms with Crippen LogP contribution in [0.15, 0.2) is 31.3 Å². The highest BCUT2D eigenvalue weighted by Crippen LogP contribution is 2.42. The van der Waals surface area contributed by atoms with Crippen LogP contribution in [0.4, 0.5) is 5.69 Å². The number of rotatable bonds is 1. The first-order valence-electron chi connectivity index (χ1n) is 4.79. The van der Waals surface area contributed by atoms with Crippen LogP contribution in [0.3, 0.4) is 0 Å². The Labute approximate surface area is 125 Å². The molecule has 1 heterocycles. The summed E-state index contributed by atoms with van der Waals surface area (Å²) < 4.78 is 3.31. The van der Waals surface area contributed by atoms with Crippen LogP contribution in [0.2, 0.25) is 0 Å². The van der Waals surface area contributed by atoms with Crippen LogP contribution in [0.25, 0.3) is 10.9 Å². The van der Waals surface area contributed by atoms with Crippen LogP contribution in [0.5, 0.6) is 5.88 Å². The predicted molar refractivity (Wildman–Crippen MR) is 81.3 cm³/mol. The van der Waals surface area contributed by atoms with E-state index in [0.29, 0.717) is 5.69 Å². The lowest BCUT2D eigenvalue weighted by atomic mass is 10.2. The molecule has 2 rings (SSSR count). The van der Waals surface area contributed by atoms with E-state index in [9.17, 15) is 5.11 Å². The number of nitrogens with zero attached hydrogens (tertiary/aromatic N) is 3. The molecule has 1 aromatic heterocycles. The molecular formula is C10H8Br2N4OS. The van der Waals surface area contributed by atoms with Gasteiger partial charge in [0.2, 0.25) is 11.0 Å². The first kappa shape index (κ1) is 13.4. The number of fused-ring (bicyclic) bond motifs is 1. The third-order valence-corrected chi connectivity index (χ3v) is 3.54. The van der Waals surface area contributed by atoms with Crippen molar-refractivity contribution in [3.8, 4) is 5.88 Å². The Bertz CT molecular complexity index is 680. The van der Waals surface area contributed by atoms with Crippen LogP contribution in [-0.4, -0.2) is 14.8 Å². The van der Waals surface area contributed by atoms with Crippen LogP contribution in [0.1, 0.15) is 0 Å². The van der Waals surface area contributed by atoms with Gasteiger partial charge in [-0.05, 0) is 40.3 Å². The molecule has 0 spiro atoms. The maximum absolute atomic E-state index is 10.0. The molecule has 0 saturated carbocycles. The largest absolute Gasteiger partial charge is 0.493 e. The molecule has 94 valence electrons. The highest BCUT2D eigenvalue weighted by atomic mass is 79.9. The molecule has 0 aliphatic heterocycles. The van der Waals surface area contributed by atoms with E-state index < -0.39 is 0 Å². The molecule has 5 nitrogen and oxygen atoms in total. The summed E-state index contributed by atoms with van der Waals surface area (Å²) in [7, 11) is 1.73. The molecule has 2 aromatic rings. The van der Waals surface area contributed by atoms with Gasteiger partial charge in [-0.2, -0.15) is 0 Å². The van der Waals surface area contributed by atoms with Gasteiger partial charge in [-0.1, -0.05) is 15.9 Å². The van der Waals surface area contributed by atoms with E-state index in [2.05, 4.69) is 54.3 Å².